The van der Waals surface area contributed by atoms with E-state index in [0.29, 0.717) is 0 Å². The summed E-state index contributed by atoms with van der Waals surface area (Å²) in [7, 11) is 0. The van der Waals surface area contributed by atoms with E-state index in [0.717, 1.165) is 9.50 Å². The maximum atomic E-state index is 6.01. The molecule has 3 aromatic rings. The number of thiophene rings is 1. The summed E-state index contributed by atoms with van der Waals surface area (Å²) in [5, 5.41) is 3.41. The Bertz CT molecular complexity index is 700. The molecule has 0 fully saturated rings. The minimum absolute atomic E-state index is 0.802. The third-order valence-electron chi connectivity index (χ3n) is 2.79. The van der Waals surface area contributed by atoms with E-state index in [1.54, 1.807) is 11.3 Å². The maximum Gasteiger partial charge on any atom is 0.0420 e. The summed E-state index contributed by atoms with van der Waals surface area (Å²) < 4.78 is 3.76. The van der Waals surface area contributed by atoms with E-state index in [4.69, 9.17) is 11.6 Å². The highest BCUT2D eigenvalue weighted by atomic mass is 79.9. The third kappa shape index (κ3) is 1.48. The molecule has 0 aliphatic carbocycles. The van der Waals surface area contributed by atoms with Crippen LogP contribution in [0.5, 0.6) is 0 Å². The fourth-order valence-electron chi connectivity index (χ4n) is 1.92. The van der Waals surface area contributed by atoms with Gasteiger partial charge in [-0.25, -0.2) is 0 Å². The molecule has 0 radical (unpaired) electrons. The third-order valence-corrected chi connectivity index (χ3v) is 5.17. The number of fused-ring (bicyclic) bond motifs is 3. The van der Waals surface area contributed by atoms with E-state index in [2.05, 4.69) is 41.1 Å². The number of halogens is 2. The van der Waals surface area contributed by atoms with E-state index < -0.39 is 0 Å². The zero-order valence-corrected chi connectivity index (χ0v) is 11.7. The van der Waals surface area contributed by atoms with Gasteiger partial charge in [0.1, 0.15) is 0 Å². The molecular weight excluding hydrogens is 304 g/mol. The van der Waals surface area contributed by atoms with Gasteiger partial charge < -0.3 is 0 Å². The fraction of sp³-hybridized carbons (Fsp3) is 0.0769. The molecule has 0 saturated heterocycles. The Hall–Kier alpha value is -0.570. The maximum absolute atomic E-state index is 6.01. The SMILES string of the molecule is Cc1c(Br)ccc2c1sc1cc(Cl)ccc12. The molecule has 0 bridgehead atoms. The molecule has 0 amide bonds. The minimum Gasteiger partial charge on any atom is -0.135 e. The van der Waals surface area contributed by atoms with Crippen molar-refractivity contribution in [3.8, 4) is 0 Å². The van der Waals surface area contributed by atoms with Crippen molar-refractivity contribution in [2.45, 2.75) is 6.92 Å². The van der Waals surface area contributed by atoms with Crippen LogP contribution in [0, 0.1) is 6.92 Å². The molecule has 1 heterocycles. The van der Waals surface area contributed by atoms with Crippen LogP contribution < -0.4 is 0 Å². The Balaban J connectivity index is 2.55. The van der Waals surface area contributed by atoms with Crippen molar-refractivity contribution in [1.29, 1.82) is 0 Å². The number of benzene rings is 2. The second-order valence-corrected chi connectivity index (χ2v) is 6.13. The summed E-state index contributed by atoms with van der Waals surface area (Å²) in [6.07, 6.45) is 0. The van der Waals surface area contributed by atoms with Gasteiger partial charge in [-0.2, -0.15) is 0 Å². The van der Waals surface area contributed by atoms with Crippen LogP contribution in [0.4, 0.5) is 0 Å². The molecule has 0 spiro atoms. The molecular formula is C13H8BrClS. The average Bonchev–Trinajstić information content (AvgIpc) is 2.62. The molecule has 3 heteroatoms. The van der Waals surface area contributed by atoms with Gasteiger partial charge in [-0.05, 0) is 30.7 Å². The van der Waals surface area contributed by atoms with Crippen LogP contribution in [0.2, 0.25) is 5.02 Å². The normalized spacial score (nSPS) is 11.4. The number of hydrogen-bond donors (Lipinski definition) is 0. The van der Waals surface area contributed by atoms with Gasteiger partial charge in [0.25, 0.3) is 0 Å². The first-order chi connectivity index (χ1) is 7.66. The highest BCUT2D eigenvalue weighted by molar-refractivity contribution is 9.10. The van der Waals surface area contributed by atoms with Crippen molar-refractivity contribution in [1.82, 2.24) is 0 Å². The van der Waals surface area contributed by atoms with Gasteiger partial charge in [-0.15, -0.1) is 11.3 Å². The Labute approximate surface area is 111 Å². The van der Waals surface area contributed by atoms with Crippen LogP contribution in [0.25, 0.3) is 20.2 Å². The van der Waals surface area contributed by atoms with Crippen molar-refractivity contribution >= 4 is 59.0 Å². The predicted molar refractivity (Wildman–Crippen MR) is 76.8 cm³/mol. The minimum atomic E-state index is 0.802. The van der Waals surface area contributed by atoms with E-state index in [-0.39, 0.29) is 0 Å². The second kappa shape index (κ2) is 3.73. The average molecular weight is 312 g/mol. The van der Waals surface area contributed by atoms with E-state index >= 15 is 0 Å². The number of aryl methyl sites for hydroxylation is 1. The largest absolute Gasteiger partial charge is 0.135 e. The molecule has 0 saturated carbocycles. The molecule has 0 aliphatic heterocycles. The van der Waals surface area contributed by atoms with Crippen LogP contribution in [-0.2, 0) is 0 Å². The molecule has 0 atom stereocenters. The highest BCUT2D eigenvalue weighted by Crippen LogP contribution is 2.38. The molecule has 1 aromatic heterocycles. The van der Waals surface area contributed by atoms with Gasteiger partial charge in [0, 0.05) is 29.7 Å². The summed E-state index contributed by atoms with van der Waals surface area (Å²) in [6.45, 7) is 2.14. The van der Waals surface area contributed by atoms with Crippen LogP contribution in [0.1, 0.15) is 5.56 Å². The summed E-state index contributed by atoms with van der Waals surface area (Å²) in [5.74, 6) is 0. The van der Waals surface area contributed by atoms with Gasteiger partial charge in [0.2, 0.25) is 0 Å². The first kappa shape index (κ1) is 10.6. The van der Waals surface area contributed by atoms with Crippen LogP contribution in [-0.4, -0.2) is 0 Å². The van der Waals surface area contributed by atoms with E-state index in [1.807, 2.05) is 12.1 Å². The zero-order valence-electron chi connectivity index (χ0n) is 8.55. The van der Waals surface area contributed by atoms with Crippen molar-refractivity contribution in [2.75, 3.05) is 0 Å². The van der Waals surface area contributed by atoms with Gasteiger partial charge in [-0.3, -0.25) is 0 Å². The lowest BCUT2D eigenvalue weighted by atomic mass is 10.1. The van der Waals surface area contributed by atoms with Gasteiger partial charge in [0.05, 0.1) is 0 Å². The summed E-state index contributed by atoms with van der Waals surface area (Å²) >= 11 is 11.4. The topological polar surface area (TPSA) is 0 Å². The second-order valence-electron chi connectivity index (χ2n) is 3.79. The monoisotopic (exact) mass is 310 g/mol. The quantitative estimate of drug-likeness (QED) is 0.494. The first-order valence-corrected chi connectivity index (χ1v) is 6.92. The first-order valence-electron chi connectivity index (χ1n) is 4.93. The molecule has 3 rings (SSSR count). The molecule has 0 N–H and O–H groups in total. The Morgan fingerprint density at radius 2 is 1.88 bits per heavy atom. The molecule has 80 valence electrons. The van der Waals surface area contributed by atoms with Crippen LogP contribution >= 0.6 is 38.9 Å². The lowest BCUT2D eigenvalue weighted by Gasteiger charge is -1.98. The van der Waals surface area contributed by atoms with E-state index in [9.17, 15) is 0 Å². The number of hydrogen-bond acceptors (Lipinski definition) is 1. The summed E-state index contributed by atoms with van der Waals surface area (Å²) in [5.41, 5.74) is 1.30. The Morgan fingerprint density at radius 3 is 2.69 bits per heavy atom. The smallest absolute Gasteiger partial charge is 0.0420 e. The van der Waals surface area contributed by atoms with E-state index in [1.165, 1.54) is 25.7 Å². The molecule has 0 unspecified atom stereocenters. The Kier molecular flexibility index (Phi) is 2.46. The molecule has 2 aromatic carbocycles. The lowest BCUT2D eigenvalue weighted by molar-refractivity contribution is 1.51. The standard InChI is InChI=1S/C13H8BrClS/c1-7-11(14)5-4-10-9-3-2-8(15)6-12(9)16-13(7)10/h2-6H,1H3. The van der Waals surface area contributed by atoms with Crippen molar-refractivity contribution in [2.24, 2.45) is 0 Å². The van der Waals surface area contributed by atoms with Crippen LogP contribution in [0.3, 0.4) is 0 Å². The summed E-state index contributed by atoms with van der Waals surface area (Å²) in [4.78, 5) is 0. The molecule has 16 heavy (non-hydrogen) atoms. The van der Waals surface area contributed by atoms with Crippen molar-refractivity contribution in [3.05, 3.63) is 45.4 Å². The molecule has 0 aliphatic rings. The summed E-state index contributed by atoms with van der Waals surface area (Å²) in [6, 6.07) is 10.4. The fourth-order valence-corrected chi connectivity index (χ4v) is 3.87. The van der Waals surface area contributed by atoms with Gasteiger partial charge in [-0.1, -0.05) is 39.7 Å². The van der Waals surface area contributed by atoms with Crippen LogP contribution in [0.15, 0.2) is 34.8 Å². The van der Waals surface area contributed by atoms with Crippen molar-refractivity contribution in [3.63, 3.8) is 0 Å². The molecule has 0 nitrogen and oxygen atoms in total. The number of rotatable bonds is 0. The zero-order chi connectivity index (χ0) is 11.3. The highest BCUT2D eigenvalue weighted by Gasteiger charge is 2.08. The predicted octanol–water partition coefficient (Wildman–Crippen LogP) is 5.78. The Morgan fingerprint density at radius 1 is 1.12 bits per heavy atom. The van der Waals surface area contributed by atoms with Crippen molar-refractivity contribution < 1.29 is 0 Å². The van der Waals surface area contributed by atoms with Gasteiger partial charge in [0.15, 0.2) is 0 Å². The van der Waals surface area contributed by atoms with Gasteiger partial charge >= 0.3 is 0 Å². The lowest BCUT2D eigenvalue weighted by Crippen LogP contribution is -1.74.